The predicted molar refractivity (Wildman–Crippen MR) is 105 cm³/mol. The lowest BCUT2D eigenvalue weighted by Gasteiger charge is -2.10. The maximum atomic E-state index is 11.3. The molecule has 0 aliphatic carbocycles. The average Bonchev–Trinajstić information content (AvgIpc) is 3.07. The zero-order valence-corrected chi connectivity index (χ0v) is 14.6. The molecule has 0 aliphatic heterocycles. The number of imidazole rings is 1. The van der Waals surface area contributed by atoms with Gasteiger partial charge in [-0.05, 0) is 30.3 Å². The van der Waals surface area contributed by atoms with E-state index in [1.54, 1.807) is 0 Å². The van der Waals surface area contributed by atoms with Gasteiger partial charge in [-0.25, -0.2) is 9.97 Å². The number of nitro benzene ring substituents is 1. The Hall–Kier alpha value is -3.51. The van der Waals surface area contributed by atoms with Gasteiger partial charge in [0.05, 0.1) is 26.5 Å². The van der Waals surface area contributed by atoms with E-state index in [1.165, 1.54) is 18.2 Å². The molecule has 6 nitrogen and oxygen atoms in total. The molecule has 3 aromatic carbocycles. The summed E-state index contributed by atoms with van der Waals surface area (Å²) in [5.74, 6) is 0.520. The Morgan fingerprint density at radius 1 is 0.926 bits per heavy atom. The third-order valence-electron chi connectivity index (χ3n) is 4.55. The molecule has 2 aromatic heterocycles. The molecule has 0 bridgehead atoms. The van der Waals surface area contributed by atoms with Crippen LogP contribution in [-0.4, -0.2) is 19.3 Å². The van der Waals surface area contributed by atoms with E-state index in [0.29, 0.717) is 16.4 Å². The van der Waals surface area contributed by atoms with Crippen LogP contribution in [0.15, 0.2) is 66.7 Å². The lowest BCUT2D eigenvalue weighted by molar-refractivity contribution is -0.384. The van der Waals surface area contributed by atoms with E-state index in [1.807, 2.05) is 52.9 Å². The Balaban J connectivity index is 2.00. The van der Waals surface area contributed by atoms with Crippen LogP contribution >= 0.6 is 11.6 Å². The van der Waals surface area contributed by atoms with Gasteiger partial charge >= 0.3 is 0 Å². The van der Waals surface area contributed by atoms with Gasteiger partial charge in [-0.15, -0.1) is 0 Å². The van der Waals surface area contributed by atoms with Crippen LogP contribution in [0.2, 0.25) is 5.02 Å². The molecule has 0 fully saturated rings. The minimum atomic E-state index is -0.440. The molecule has 0 spiro atoms. The summed E-state index contributed by atoms with van der Waals surface area (Å²) in [6.45, 7) is 0. The fraction of sp³-hybridized carbons (Fsp3) is 0. The first kappa shape index (κ1) is 15.7. The first-order chi connectivity index (χ1) is 13.1. The number of fused-ring (bicyclic) bond motifs is 5. The second kappa shape index (κ2) is 5.75. The van der Waals surface area contributed by atoms with Gasteiger partial charge in [-0.3, -0.25) is 14.5 Å². The van der Waals surface area contributed by atoms with E-state index < -0.39 is 4.92 Å². The van der Waals surface area contributed by atoms with Gasteiger partial charge in [0, 0.05) is 23.1 Å². The van der Waals surface area contributed by atoms with Gasteiger partial charge in [0.15, 0.2) is 0 Å². The fourth-order valence-corrected chi connectivity index (χ4v) is 3.53. The summed E-state index contributed by atoms with van der Waals surface area (Å²) in [6, 6.07) is 19.8. The number of hydrogen-bond donors (Lipinski definition) is 0. The highest BCUT2D eigenvalue weighted by molar-refractivity contribution is 6.33. The highest BCUT2D eigenvalue weighted by atomic mass is 35.5. The second-order valence-corrected chi connectivity index (χ2v) is 6.54. The smallest absolute Gasteiger partial charge is 0.270 e. The normalized spacial score (nSPS) is 11.4. The van der Waals surface area contributed by atoms with E-state index in [2.05, 4.69) is 0 Å². The van der Waals surface area contributed by atoms with Crippen LogP contribution in [-0.2, 0) is 0 Å². The van der Waals surface area contributed by atoms with Crippen molar-refractivity contribution >= 4 is 44.9 Å². The van der Waals surface area contributed by atoms with Gasteiger partial charge in [0.2, 0.25) is 0 Å². The number of aromatic nitrogens is 3. The number of para-hydroxylation sites is 3. The number of halogens is 1. The maximum absolute atomic E-state index is 11.3. The summed E-state index contributed by atoms with van der Waals surface area (Å²) in [5, 5.41) is 12.6. The van der Waals surface area contributed by atoms with Crippen LogP contribution in [0.25, 0.3) is 39.0 Å². The topological polar surface area (TPSA) is 73.3 Å². The fourth-order valence-electron chi connectivity index (χ4n) is 3.32. The van der Waals surface area contributed by atoms with E-state index in [0.717, 1.165) is 27.6 Å². The third kappa shape index (κ3) is 2.34. The first-order valence-electron chi connectivity index (χ1n) is 8.24. The van der Waals surface area contributed by atoms with Crippen LogP contribution in [0.3, 0.4) is 0 Å². The summed E-state index contributed by atoms with van der Waals surface area (Å²) in [6.07, 6.45) is 0. The summed E-state index contributed by atoms with van der Waals surface area (Å²) in [7, 11) is 0. The molecule has 130 valence electrons. The zero-order valence-electron chi connectivity index (χ0n) is 13.8. The molecule has 0 N–H and O–H groups in total. The van der Waals surface area contributed by atoms with Gasteiger partial charge in [0.25, 0.3) is 5.69 Å². The van der Waals surface area contributed by atoms with Crippen molar-refractivity contribution in [2.45, 2.75) is 0 Å². The molecule has 0 aliphatic rings. The molecule has 0 saturated carbocycles. The van der Waals surface area contributed by atoms with Gasteiger partial charge in [-0.1, -0.05) is 35.9 Å². The molecule has 0 amide bonds. The van der Waals surface area contributed by atoms with Gasteiger partial charge < -0.3 is 0 Å². The molecule has 5 rings (SSSR count). The number of nitro groups is 1. The summed E-state index contributed by atoms with van der Waals surface area (Å²) < 4.78 is 1.91. The van der Waals surface area contributed by atoms with E-state index in [-0.39, 0.29) is 5.69 Å². The van der Waals surface area contributed by atoms with Crippen molar-refractivity contribution in [3.8, 4) is 11.4 Å². The maximum Gasteiger partial charge on any atom is 0.270 e. The first-order valence-corrected chi connectivity index (χ1v) is 8.61. The predicted octanol–water partition coefficient (Wildman–Crippen LogP) is 5.26. The summed E-state index contributed by atoms with van der Waals surface area (Å²) in [5.41, 5.74) is 3.62. The lowest BCUT2D eigenvalue weighted by atomic mass is 10.1. The van der Waals surface area contributed by atoms with E-state index in [4.69, 9.17) is 21.6 Å². The summed E-state index contributed by atoms with van der Waals surface area (Å²) >= 11 is 6.41. The number of benzene rings is 3. The highest BCUT2D eigenvalue weighted by Gasteiger charge is 2.19. The van der Waals surface area contributed by atoms with Crippen molar-refractivity contribution in [1.29, 1.82) is 0 Å². The number of nitrogens with zero attached hydrogens (tertiary/aromatic N) is 4. The quantitative estimate of drug-likeness (QED) is 0.312. The minimum absolute atomic E-state index is 0.0399. The van der Waals surface area contributed by atoms with E-state index in [9.17, 15) is 10.1 Å². The van der Waals surface area contributed by atoms with E-state index >= 15 is 0 Å². The molecule has 2 heterocycles. The largest absolute Gasteiger partial charge is 0.276 e. The Morgan fingerprint density at radius 2 is 1.67 bits per heavy atom. The lowest BCUT2D eigenvalue weighted by Crippen LogP contribution is -1.99. The zero-order chi connectivity index (χ0) is 18.5. The van der Waals surface area contributed by atoms with Crippen LogP contribution in [0.4, 0.5) is 5.69 Å². The standard InChI is InChI=1S/C20H11ClN4O2/c21-15-10-9-12(25(26)27)11-14(15)20-22-16-6-2-1-5-13(16)19-23-17-7-3-4-8-18(17)24(19)20/h1-11H. The van der Waals surface area contributed by atoms with Crippen LogP contribution in [0.1, 0.15) is 0 Å². The second-order valence-electron chi connectivity index (χ2n) is 6.13. The molecule has 0 atom stereocenters. The molecule has 0 saturated heterocycles. The SMILES string of the molecule is O=[N+]([O-])c1ccc(Cl)c(-c2nc3ccccc3c3nc4ccccc4n23)c1. The van der Waals surface area contributed by atoms with Crippen molar-refractivity contribution in [1.82, 2.24) is 14.4 Å². The van der Waals surface area contributed by atoms with Gasteiger partial charge in [0.1, 0.15) is 11.5 Å². The molecule has 0 unspecified atom stereocenters. The minimum Gasteiger partial charge on any atom is -0.276 e. The Labute approximate surface area is 157 Å². The van der Waals surface area contributed by atoms with Gasteiger partial charge in [-0.2, -0.15) is 0 Å². The summed E-state index contributed by atoms with van der Waals surface area (Å²) in [4.78, 5) is 20.4. The molecular weight excluding hydrogens is 364 g/mol. The Bertz CT molecular complexity index is 1380. The van der Waals surface area contributed by atoms with Crippen molar-refractivity contribution < 1.29 is 4.92 Å². The van der Waals surface area contributed by atoms with Crippen molar-refractivity contribution in [2.24, 2.45) is 0 Å². The number of hydrogen-bond acceptors (Lipinski definition) is 4. The average molecular weight is 375 g/mol. The molecule has 0 radical (unpaired) electrons. The number of non-ortho nitro benzene ring substituents is 1. The van der Waals surface area contributed by atoms with Crippen molar-refractivity contribution in [2.75, 3.05) is 0 Å². The molecular formula is C20H11ClN4O2. The monoisotopic (exact) mass is 374 g/mol. The molecule has 5 aromatic rings. The van der Waals surface area contributed by atoms with Crippen LogP contribution < -0.4 is 0 Å². The highest BCUT2D eigenvalue weighted by Crippen LogP contribution is 2.34. The number of rotatable bonds is 2. The molecule has 27 heavy (non-hydrogen) atoms. The van der Waals surface area contributed by atoms with Crippen molar-refractivity contribution in [3.63, 3.8) is 0 Å². The Morgan fingerprint density at radius 3 is 2.48 bits per heavy atom. The third-order valence-corrected chi connectivity index (χ3v) is 4.88. The Kier molecular flexibility index (Phi) is 3.35. The van der Waals surface area contributed by atoms with Crippen LogP contribution in [0, 0.1) is 10.1 Å². The molecule has 7 heteroatoms. The van der Waals surface area contributed by atoms with Crippen LogP contribution in [0.5, 0.6) is 0 Å². The van der Waals surface area contributed by atoms with Crippen molar-refractivity contribution in [3.05, 3.63) is 81.9 Å².